The second-order valence-corrected chi connectivity index (χ2v) is 3.39. The molecule has 80 valence electrons. The third kappa shape index (κ3) is 2.63. The smallest absolute Gasteiger partial charge is 0.265 e. The number of hydrogen-bond acceptors (Lipinski definition) is 3. The first-order valence-corrected chi connectivity index (χ1v) is 5.21. The normalized spacial score (nSPS) is 10.3. The number of anilines is 1. The van der Waals surface area contributed by atoms with Gasteiger partial charge in [0.25, 0.3) is 6.43 Å². The van der Waals surface area contributed by atoms with Gasteiger partial charge in [-0.05, 0) is 6.07 Å². The average Bonchev–Trinajstić information content (AvgIpc) is 2.20. The molecule has 0 saturated heterocycles. The van der Waals surface area contributed by atoms with E-state index in [0.717, 1.165) is 0 Å². The molecule has 0 spiro atoms. The van der Waals surface area contributed by atoms with Gasteiger partial charge in [-0.25, -0.2) is 8.78 Å². The highest BCUT2D eigenvalue weighted by Gasteiger charge is 2.16. The van der Waals surface area contributed by atoms with Crippen LogP contribution in [0.5, 0.6) is 0 Å². The molecule has 15 heavy (non-hydrogen) atoms. The fourth-order valence-corrected chi connectivity index (χ4v) is 1.57. The molecule has 0 aliphatic carbocycles. The maximum Gasteiger partial charge on any atom is 0.265 e. The van der Waals surface area contributed by atoms with E-state index in [1.807, 2.05) is 6.07 Å². The van der Waals surface area contributed by atoms with Gasteiger partial charge in [-0.2, -0.15) is 5.26 Å². The standard InChI is InChI=1S/C9H8BrF2N3/c10-4-7-8(14)6(9(11)12)3-5(15-7)1-2-13/h3,9H,1,4,14H2. The molecular weight excluding hydrogens is 268 g/mol. The highest BCUT2D eigenvalue weighted by Crippen LogP contribution is 2.28. The Balaban J connectivity index is 3.26. The summed E-state index contributed by atoms with van der Waals surface area (Å²) in [7, 11) is 0. The second-order valence-electron chi connectivity index (χ2n) is 2.83. The number of alkyl halides is 3. The molecule has 0 unspecified atom stereocenters. The van der Waals surface area contributed by atoms with Crippen molar-refractivity contribution >= 4 is 21.6 Å². The number of nitrogens with zero attached hydrogens (tertiary/aromatic N) is 2. The Morgan fingerprint density at radius 2 is 2.27 bits per heavy atom. The van der Waals surface area contributed by atoms with E-state index >= 15 is 0 Å². The number of rotatable bonds is 3. The Morgan fingerprint density at radius 3 is 2.73 bits per heavy atom. The summed E-state index contributed by atoms with van der Waals surface area (Å²) in [5.41, 5.74) is 5.90. The van der Waals surface area contributed by atoms with Crippen molar-refractivity contribution < 1.29 is 8.78 Å². The third-order valence-electron chi connectivity index (χ3n) is 1.84. The van der Waals surface area contributed by atoms with Crippen LogP contribution in [0, 0.1) is 11.3 Å². The molecule has 0 saturated carbocycles. The van der Waals surface area contributed by atoms with Crippen LogP contribution in [0.4, 0.5) is 14.5 Å². The van der Waals surface area contributed by atoms with Crippen molar-refractivity contribution in [1.82, 2.24) is 4.98 Å². The summed E-state index contributed by atoms with van der Waals surface area (Å²) < 4.78 is 25.1. The number of hydrogen-bond donors (Lipinski definition) is 1. The molecule has 0 aliphatic rings. The molecule has 0 radical (unpaired) electrons. The molecule has 1 heterocycles. The number of pyridine rings is 1. The lowest BCUT2D eigenvalue weighted by Crippen LogP contribution is -2.05. The van der Waals surface area contributed by atoms with Gasteiger partial charge in [-0.15, -0.1) is 0 Å². The highest BCUT2D eigenvalue weighted by atomic mass is 79.9. The van der Waals surface area contributed by atoms with E-state index in [1.54, 1.807) is 0 Å². The van der Waals surface area contributed by atoms with E-state index in [9.17, 15) is 8.78 Å². The Kier molecular flexibility index (Phi) is 3.97. The highest BCUT2D eigenvalue weighted by molar-refractivity contribution is 9.08. The predicted molar refractivity (Wildman–Crippen MR) is 55.6 cm³/mol. The van der Waals surface area contributed by atoms with Gasteiger partial charge >= 0.3 is 0 Å². The van der Waals surface area contributed by atoms with E-state index in [0.29, 0.717) is 11.4 Å². The van der Waals surface area contributed by atoms with Gasteiger partial charge < -0.3 is 5.73 Å². The first-order chi connectivity index (χ1) is 7.10. The van der Waals surface area contributed by atoms with Crippen LogP contribution in [0.2, 0.25) is 0 Å². The third-order valence-corrected chi connectivity index (χ3v) is 2.38. The Labute approximate surface area is 94.0 Å². The maximum absolute atomic E-state index is 12.6. The summed E-state index contributed by atoms with van der Waals surface area (Å²) in [4.78, 5) is 4.00. The van der Waals surface area contributed by atoms with E-state index in [1.165, 1.54) is 6.07 Å². The molecule has 1 aromatic rings. The molecule has 1 rings (SSSR count). The minimum absolute atomic E-state index is 0.000000000000000222. The van der Waals surface area contributed by atoms with Gasteiger partial charge in [0.15, 0.2) is 0 Å². The summed E-state index contributed by atoms with van der Waals surface area (Å²) in [5, 5.41) is 8.75. The van der Waals surface area contributed by atoms with Crippen molar-refractivity contribution in [3.8, 4) is 6.07 Å². The molecule has 6 heteroatoms. The van der Waals surface area contributed by atoms with Gasteiger partial charge in [0.1, 0.15) is 0 Å². The van der Waals surface area contributed by atoms with Gasteiger partial charge in [0.05, 0.1) is 29.6 Å². The van der Waals surface area contributed by atoms with Crippen LogP contribution in [0.3, 0.4) is 0 Å². The lowest BCUT2D eigenvalue weighted by molar-refractivity contribution is 0.152. The van der Waals surface area contributed by atoms with E-state index in [4.69, 9.17) is 11.0 Å². The molecule has 1 aromatic heterocycles. The minimum Gasteiger partial charge on any atom is -0.397 e. The lowest BCUT2D eigenvalue weighted by atomic mass is 10.1. The van der Waals surface area contributed by atoms with Gasteiger partial charge in [0.2, 0.25) is 0 Å². The Morgan fingerprint density at radius 1 is 1.60 bits per heavy atom. The Bertz CT molecular complexity index is 401. The number of nitriles is 1. The SMILES string of the molecule is N#CCc1cc(C(F)F)c(N)c(CBr)n1. The average molecular weight is 276 g/mol. The summed E-state index contributed by atoms with van der Waals surface area (Å²) >= 11 is 3.11. The zero-order chi connectivity index (χ0) is 11.4. The van der Waals surface area contributed by atoms with Crippen LogP contribution >= 0.6 is 15.9 Å². The molecule has 0 aliphatic heterocycles. The molecule has 0 fully saturated rings. The fraction of sp³-hybridized carbons (Fsp3) is 0.333. The predicted octanol–water partition coefficient (Wildman–Crippen LogP) is 2.56. The van der Waals surface area contributed by atoms with Gasteiger partial charge in [-0.1, -0.05) is 15.9 Å². The van der Waals surface area contributed by atoms with Crippen molar-refractivity contribution in [3.63, 3.8) is 0 Å². The number of halogens is 3. The first-order valence-electron chi connectivity index (χ1n) is 4.09. The van der Waals surface area contributed by atoms with Crippen molar-refractivity contribution in [2.45, 2.75) is 18.2 Å². The van der Waals surface area contributed by atoms with E-state index in [2.05, 4.69) is 20.9 Å². The van der Waals surface area contributed by atoms with Crippen LogP contribution in [0.1, 0.15) is 23.4 Å². The van der Waals surface area contributed by atoms with Gasteiger partial charge in [-0.3, -0.25) is 4.98 Å². The van der Waals surface area contributed by atoms with Crippen LogP contribution < -0.4 is 5.73 Å². The molecule has 0 bridgehead atoms. The molecule has 0 atom stereocenters. The zero-order valence-corrected chi connectivity index (χ0v) is 9.26. The van der Waals surface area contributed by atoms with Crippen LogP contribution in [0.25, 0.3) is 0 Å². The minimum atomic E-state index is -2.65. The fourth-order valence-electron chi connectivity index (χ4n) is 1.14. The monoisotopic (exact) mass is 275 g/mol. The number of nitrogen functional groups attached to an aromatic ring is 1. The van der Waals surface area contributed by atoms with Crippen molar-refractivity contribution in [2.24, 2.45) is 0 Å². The van der Waals surface area contributed by atoms with Crippen molar-refractivity contribution in [3.05, 3.63) is 23.0 Å². The molecular formula is C9H8BrF2N3. The molecule has 2 N–H and O–H groups in total. The van der Waals surface area contributed by atoms with E-state index < -0.39 is 6.43 Å². The van der Waals surface area contributed by atoms with Crippen LogP contribution in [-0.4, -0.2) is 4.98 Å². The summed E-state index contributed by atoms with van der Waals surface area (Å²) in [6, 6.07) is 3.03. The zero-order valence-electron chi connectivity index (χ0n) is 7.67. The molecule has 0 amide bonds. The largest absolute Gasteiger partial charge is 0.397 e. The van der Waals surface area contributed by atoms with Crippen LogP contribution in [-0.2, 0) is 11.8 Å². The van der Waals surface area contributed by atoms with Crippen molar-refractivity contribution in [2.75, 3.05) is 5.73 Å². The maximum atomic E-state index is 12.6. The van der Waals surface area contributed by atoms with E-state index in [-0.39, 0.29) is 23.0 Å². The quantitative estimate of drug-likeness (QED) is 0.863. The Hall–Kier alpha value is -1.22. The summed E-state index contributed by atoms with van der Waals surface area (Å²) in [5.74, 6) is 0. The van der Waals surface area contributed by atoms with Crippen LogP contribution in [0.15, 0.2) is 6.07 Å². The van der Waals surface area contributed by atoms with Crippen molar-refractivity contribution in [1.29, 1.82) is 5.26 Å². The first kappa shape index (κ1) is 11.9. The second kappa shape index (κ2) is 5.03. The topological polar surface area (TPSA) is 62.7 Å². The molecule has 3 nitrogen and oxygen atoms in total. The lowest BCUT2D eigenvalue weighted by Gasteiger charge is -2.09. The summed E-state index contributed by atoms with van der Waals surface area (Å²) in [6.45, 7) is 0. The van der Waals surface area contributed by atoms with Gasteiger partial charge in [0, 0.05) is 10.9 Å². The number of nitrogens with two attached hydrogens (primary N) is 1. The number of aromatic nitrogens is 1. The molecule has 0 aromatic carbocycles. The summed E-state index contributed by atoms with van der Waals surface area (Å²) in [6.07, 6.45) is -2.65.